The minimum absolute atomic E-state index is 0.135. The van der Waals surface area contributed by atoms with Crippen molar-refractivity contribution in [3.63, 3.8) is 0 Å². The molecule has 0 unspecified atom stereocenters. The van der Waals surface area contributed by atoms with Crippen LogP contribution in [0.5, 0.6) is 0 Å². The zero-order valence-corrected chi connectivity index (χ0v) is 29.5. The van der Waals surface area contributed by atoms with E-state index >= 15 is 0 Å². The fourth-order valence-electron chi connectivity index (χ4n) is 7.62. The zero-order chi connectivity index (χ0) is 36.4. The molecule has 0 saturated carbocycles. The monoisotopic (exact) mass is 722 g/mol. The van der Waals surface area contributed by atoms with Crippen LogP contribution in [0.1, 0.15) is 5.56 Å². The van der Waals surface area contributed by atoms with Crippen LogP contribution >= 0.6 is 11.3 Å². The van der Waals surface area contributed by atoms with Gasteiger partial charge in [0.15, 0.2) is 0 Å². The van der Waals surface area contributed by atoms with E-state index in [-0.39, 0.29) is 5.58 Å². The lowest BCUT2D eigenvalue weighted by Gasteiger charge is -2.11. The standard InChI is InChI=1S/C49H29F3OS/c50-49(51,52)44-18-7-17-42-43-28-38(21-23-45(43)53-48(42)44)36-14-5-12-34(26-36)32-10-3-8-30(24-32)31-9-4-11-33(25-31)35-13-6-15-37(27-35)39-20-22-41-40-16-1-2-19-46(40)54-47(41)29-39/h1-29H. The number of halogens is 3. The molecular weight excluding hydrogens is 694 g/mol. The Kier molecular flexibility index (Phi) is 7.53. The number of para-hydroxylation sites is 1. The minimum atomic E-state index is -4.50. The van der Waals surface area contributed by atoms with E-state index in [2.05, 4.69) is 127 Å². The molecule has 1 nitrogen and oxygen atoms in total. The van der Waals surface area contributed by atoms with E-state index in [0.717, 1.165) is 50.6 Å². The van der Waals surface area contributed by atoms with Crippen molar-refractivity contribution in [3.8, 4) is 55.6 Å². The summed E-state index contributed by atoms with van der Waals surface area (Å²) in [5, 5.41) is 3.71. The number of hydrogen-bond acceptors (Lipinski definition) is 2. The molecule has 0 N–H and O–H groups in total. The van der Waals surface area contributed by atoms with Crippen LogP contribution in [0.25, 0.3) is 97.7 Å². The Labute approximate surface area is 313 Å². The number of benzene rings is 8. The summed E-state index contributed by atoms with van der Waals surface area (Å²) in [7, 11) is 0. The van der Waals surface area contributed by atoms with Crippen molar-refractivity contribution in [3.05, 3.63) is 181 Å². The highest BCUT2D eigenvalue weighted by Gasteiger charge is 2.34. The van der Waals surface area contributed by atoms with Crippen molar-refractivity contribution in [1.29, 1.82) is 0 Å². The Bertz CT molecular complexity index is 3060. The van der Waals surface area contributed by atoms with Gasteiger partial charge in [-0.3, -0.25) is 0 Å². The summed E-state index contributed by atoms with van der Waals surface area (Å²) in [6.07, 6.45) is -4.50. The fraction of sp³-hybridized carbons (Fsp3) is 0.0204. The van der Waals surface area contributed by atoms with Crippen LogP contribution in [-0.2, 0) is 6.18 Å². The number of rotatable bonds is 5. The maximum absolute atomic E-state index is 13.7. The first-order valence-electron chi connectivity index (χ1n) is 17.7. The van der Waals surface area contributed by atoms with Gasteiger partial charge in [0.2, 0.25) is 0 Å². The van der Waals surface area contributed by atoms with Crippen LogP contribution in [0, 0.1) is 0 Å². The van der Waals surface area contributed by atoms with Gasteiger partial charge in [-0.2, -0.15) is 13.2 Å². The van der Waals surface area contributed by atoms with Gasteiger partial charge in [0, 0.05) is 30.9 Å². The lowest BCUT2D eigenvalue weighted by molar-refractivity contribution is -0.136. The molecule has 258 valence electrons. The van der Waals surface area contributed by atoms with Gasteiger partial charge in [0.25, 0.3) is 0 Å². The molecule has 10 aromatic rings. The van der Waals surface area contributed by atoms with Gasteiger partial charge in [-0.1, -0.05) is 121 Å². The van der Waals surface area contributed by atoms with Crippen LogP contribution in [0.15, 0.2) is 180 Å². The largest absolute Gasteiger partial charge is 0.455 e. The molecule has 5 heteroatoms. The number of alkyl halides is 3. The highest BCUT2D eigenvalue weighted by Crippen LogP contribution is 2.41. The van der Waals surface area contributed by atoms with Crippen LogP contribution in [0.3, 0.4) is 0 Å². The lowest BCUT2D eigenvalue weighted by atomic mass is 9.94. The smallest absolute Gasteiger partial charge is 0.420 e. The van der Waals surface area contributed by atoms with Crippen molar-refractivity contribution in [2.45, 2.75) is 6.18 Å². The van der Waals surface area contributed by atoms with Crippen molar-refractivity contribution in [2.75, 3.05) is 0 Å². The number of thiophene rings is 1. The summed E-state index contributed by atoms with van der Waals surface area (Å²) < 4.78 is 49.4. The molecule has 0 aliphatic rings. The van der Waals surface area contributed by atoms with E-state index in [1.54, 1.807) is 12.1 Å². The summed E-state index contributed by atoms with van der Waals surface area (Å²) in [5.41, 5.74) is 10.4. The van der Waals surface area contributed by atoms with Crippen LogP contribution in [0.2, 0.25) is 0 Å². The van der Waals surface area contributed by atoms with Gasteiger partial charge >= 0.3 is 6.18 Å². The lowest BCUT2D eigenvalue weighted by Crippen LogP contribution is -2.04. The zero-order valence-electron chi connectivity index (χ0n) is 28.7. The summed E-state index contributed by atoms with van der Waals surface area (Å²) in [6, 6.07) is 59.3. The molecule has 0 fully saturated rings. The maximum atomic E-state index is 13.7. The average molecular weight is 723 g/mol. The number of hydrogen-bond donors (Lipinski definition) is 0. The van der Waals surface area contributed by atoms with Gasteiger partial charge in [0.05, 0.1) is 5.56 Å². The van der Waals surface area contributed by atoms with Gasteiger partial charge in [-0.25, -0.2) is 0 Å². The number of furan rings is 1. The third-order valence-corrected chi connectivity index (χ3v) is 11.4. The van der Waals surface area contributed by atoms with E-state index < -0.39 is 11.7 Å². The van der Waals surface area contributed by atoms with E-state index in [9.17, 15) is 13.2 Å². The van der Waals surface area contributed by atoms with Crippen molar-refractivity contribution in [2.24, 2.45) is 0 Å². The second kappa shape index (κ2) is 12.6. The maximum Gasteiger partial charge on any atom is 0.420 e. The summed E-state index contributed by atoms with van der Waals surface area (Å²) in [4.78, 5) is 0. The van der Waals surface area contributed by atoms with Crippen LogP contribution in [-0.4, -0.2) is 0 Å². The van der Waals surface area contributed by atoms with Gasteiger partial charge in [-0.05, 0) is 110 Å². The first-order chi connectivity index (χ1) is 26.4. The minimum Gasteiger partial charge on any atom is -0.455 e. The quantitative estimate of drug-likeness (QED) is 0.172. The summed E-state index contributed by atoms with van der Waals surface area (Å²) >= 11 is 1.84. The molecule has 0 aliphatic carbocycles. The highest BCUT2D eigenvalue weighted by atomic mass is 32.1. The molecule has 0 spiro atoms. The predicted molar refractivity (Wildman–Crippen MR) is 219 cm³/mol. The molecule has 0 bridgehead atoms. The molecule has 0 saturated heterocycles. The normalized spacial score (nSPS) is 12.0. The topological polar surface area (TPSA) is 13.1 Å². The number of fused-ring (bicyclic) bond motifs is 6. The second-order valence-electron chi connectivity index (χ2n) is 13.6. The fourth-order valence-corrected chi connectivity index (χ4v) is 8.77. The molecule has 0 aliphatic heterocycles. The molecule has 2 heterocycles. The third kappa shape index (κ3) is 5.65. The SMILES string of the molecule is FC(F)(F)c1cccc2c1oc1ccc(-c3cccc(-c4cccc(-c5cccc(-c6cccc(-c7ccc8c(c7)sc7ccccc78)c6)c5)c4)c3)cc12. The van der Waals surface area contributed by atoms with Gasteiger partial charge in [-0.15, -0.1) is 11.3 Å². The van der Waals surface area contributed by atoms with Crippen molar-refractivity contribution >= 4 is 53.4 Å². The van der Waals surface area contributed by atoms with Crippen molar-refractivity contribution < 1.29 is 17.6 Å². The summed E-state index contributed by atoms with van der Waals surface area (Å²) in [6.45, 7) is 0. The Morgan fingerprint density at radius 2 is 0.796 bits per heavy atom. The molecule has 10 rings (SSSR count). The van der Waals surface area contributed by atoms with E-state index in [4.69, 9.17) is 4.42 Å². The first kappa shape index (κ1) is 32.2. The Balaban J connectivity index is 0.956. The molecule has 54 heavy (non-hydrogen) atoms. The third-order valence-electron chi connectivity index (χ3n) is 10.3. The first-order valence-corrected chi connectivity index (χ1v) is 18.5. The van der Waals surface area contributed by atoms with E-state index in [1.807, 2.05) is 35.6 Å². The Hall–Kier alpha value is -6.43. The molecular formula is C49H29F3OS. The predicted octanol–water partition coefficient (Wildman–Crippen LogP) is 15.3. The molecule has 0 radical (unpaired) electrons. The summed E-state index contributed by atoms with van der Waals surface area (Å²) in [5.74, 6) is 0. The average Bonchev–Trinajstić information content (AvgIpc) is 3.78. The molecule has 8 aromatic carbocycles. The Morgan fingerprint density at radius 3 is 1.35 bits per heavy atom. The van der Waals surface area contributed by atoms with Gasteiger partial charge < -0.3 is 4.42 Å². The van der Waals surface area contributed by atoms with Crippen LogP contribution in [0.4, 0.5) is 13.2 Å². The highest BCUT2D eigenvalue weighted by molar-refractivity contribution is 7.25. The molecule has 0 atom stereocenters. The van der Waals surface area contributed by atoms with Gasteiger partial charge in [0.1, 0.15) is 11.2 Å². The second-order valence-corrected chi connectivity index (χ2v) is 14.7. The molecule has 0 amide bonds. The molecule has 2 aromatic heterocycles. The van der Waals surface area contributed by atoms with Crippen LogP contribution < -0.4 is 0 Å². The van der Waals surface area contributed by atoms with E-state index in [0.29, 0.717) is 16.4 Å². The van der Waals surface area contributed by atoms with E-state index in [1.165, 1.54) is 37.4 Å². The Morgan fingerprint density at radius 1 is 0.352 bits per heavy atom. The van der Waals surface area contributed by atoms with Crippen molar-refractivity contribution in [1.82, 2.24) is 0 Å².